The van der Waals surface area contributed by atoms with Crippen LogP contribution in [0, 0.1) is 0 Å². The van der Waals surface area contributed by atoms with Crippen molar-refractivity contribution in [3.63, 3.8) is 0 Å². The van der Waals surface area contributed by atoms with Crippen LogP contribution >= 0.6 is 15.9 Å². The fraction of sp³-hybridized carbons (Fsp3) is 0. The van der Waals surface area contributed by atoms with Crippen molar-refractivity contribution in [2.75, 3.05) is 0 Å². The fourth-order valence-corrected chi connectivity index (χ4v) is 4.38. The minimum atomic E-state index is 1.22. The maximum atomic E-state index is 3.85. The van der Waals surface area contributed by atoms with Crippen molar-refractivity contribution in [2.45, 2.75) is 0 Å². The van der Waals surface area contributed by atoms with E-state index < -0.39 is 0 Å². The highest BCUT2D eigenvalue weighted by atomic mass is 79.9. The first-order valence-electron chi connectivity index (χ1n) is 7.09. The SMILES string of the molecule is Brc1c2cccccc2c2c3cccc4cccc(c12)c43. The monoisotopic (exact) mass is 330 g/mol. The average Bonchev–Trinajstić information content (AvgIpc) is 2.85. The van der Waals surface area contributed by atoms with Gasteiger partial charge in [-0.1, -0.05) is 66.7 Å². The lowest BCUT2D eigenvalue weighted by molar-refractivity contribution is 1.84. The van der Waals surface area contributed by atoms with Crippen LogP contribution < -0.4 is 0 Å². The minimum Gasteiger partial charge on any atom is -0.0622 e. The summed E-state index contributed by atoms with van der Waals surface area (Å²) >= 11 is 3.85. The third kappa shape index (κ3) is 1.35. The molecular formula is C20H11Br. The number of fused-ring (bicyclic) bond motifs is 5. The standard InChI is InChI=1S/C20H11Br/c21-20-14-9-3-1-2-8-13(14)18-15-10-4-6-12-7-5-11-16(17(12)15)19(18)20/h1-11H. The molecule has 0 radical (unpaired) electrons. The maximum Gasteiger partial charge on any atom is 0.0339 e. The smallest absolute Gasteiger partial charge is 0.0339 e. The molecule has 5 aromatic rings. The summed E-state index contributed by atoms with van der Waals surface area (Å²) in [5.74, 6) is 0. The molecule has 0 amide bonds. The predicted octanol–water partition coefficient (Wildman–Crippen LogP) is 6.50. The lowest BCUT2D eigenvalue weighted by Crippen LogP contribution is -1.71. The van der Waals surface area contributed by atoms with E-state index in [0.29, 0.717) is 0 Å². The summed E-state index contributed by atoms with van der Waals surface area (Å²) in [5.41, 5.74) is 0. The van der Waals surface area contributed by atoms with Gasteiger partial charge in [-0.15, -0.1) is 0 Å². The van der Waals surface area contributed by atoms with E-state index in [-0.39, 0.29) is 0 Å². The van der Waals surface area contributed by atoms with E-state index in [1.54, 1.807) is 0 Å². The Morgan fingerprint density at radius 3 is 1.86 bits per heavy atom. The highest BCUT2D eigenvalue weighted by Gasteiger charge is 2.18. The Morgan fingerprint density at radius 1 is 0.476 bits per heavy atom. The molecule has 0 spiro atoms. The van der Waals surface area contributed by atoms with Crippen LogP contribution in [0.2, 0.25) is 0 Å². The van der Waals surface area contributed by atoms with Gasteiger partial charge in [-0.2, -0.15) is 0 Å². The van der Waals surface area contributed by atoms with Crippen molar-refractivity contribution in [3.05, 3.63) is 71.2 Å². The van der Waals surface area contributed by atoms with Crippen molar-refractivity contribution in [2.24, 2.45) is 0 Å². The van der Waals surface area contributed by atoms with Gasteiger partial charge in [0, 0.05) is 9.86 Å². The normalized spacial score (nSPS) is 12.0. The highest BCUT2D eigenvalue weighted by molar-refractivity contribution is 9.10. The summed E-state index contributed by atoms with van der Waals surface area (Å²) in [6.45, 7) is 0. The molecule has 0 nitrogen and oxygen atoms in total. The first-order chi connectivity index (χ1) is 10.4. The molecule has 21 heavy (non-hydrogen) atoms. The Morgan fingerprint density at radius 2 is 1.10 bits per heavy atom. The van der Waals surface area contributed by atoms with Crippen molar-refractivity contribution in [1.29, 1.82) is 0 Å². The number of rotatable bonds is 0. The van der Waals surface area contributed by atoms with Gasteiger partial charge >= 0.3 is 0 Å². The predicted molar refractivity (Wildman–Crippen MR) is 95.4 cm³/mol. The van der Waals surface area contributed by atoms with E-state index >= 15 is 0 Å². The molecule has 0 aliphatic heterocycles. The number of hydrogen-bond acceptors (Lipinski definition) is 0. The second-order valence-corrected chi connectivity index (χ2v) is 6.30. The quantitative estimate of drug-likeness (QED) is 0.304. The fourth-order valence-electron chi connectivity index (χ4n) is 3.63. The van der Waals surface area contributed by atoms with E-state index in [0.717, 1.165) is 0 Å². The highest BCUT2D eigenvalue weighted by Crippen LogP contribution is 2.47. The zero-order chi connectivity index (χ0) is 14.0. The molecule has 0 N–H and O–H groups in total. The molecule has 0 saturated heterocycles. The second kappa shape index (κ2) is 3.96. The van der Waals surface area contributed by atoms with E-state index in [2.05, 4.69) is 82.7 Å². The molecule has 0 aliphatic rings. The van der Waals surface area contributed by atoms with Crippen molar-refractivity contribution >= 4 is 59.0 Å². The Labute approximate surface area is 130 Å². The summed E-state index contributed by atoms with van der Waals surface area (Å²) in [5, 5.41) is 10.8. The molecule has 5 rings (SSSR count). The number of hydrogen-bond donors (Lipinski definition) is 0. The van der Waals surface area contributed by atoms with Crippen LogP contribution in [0.15, 0.2) is 71.2 Å². The molecule has 0 atom stereocenters. The first-order valence-corrected chi connectivity index (χ1v) is 7.88. The second-order valence-electron chi connectivity index (χ2n) is 5.51. The van der Waals surface area contributed by atoms with Gasteiger partial charge in [-0.3, -0.25) is 0 Å². The molecule has 0 bridgehead atoms. The van der Waals surface area contributed by atoms with Crippen LogP contribution in [-0.4, -0.2) is 0 Å². The molecule has 1 heteroatoms. The zero-order valence-corrected chi connectivity index (χ0v) is 12.8. The van der Waals surface area contributed by atoms with Crippen molar-refractivity contribution < 1.29 is 0 Å². The van der Waals surface area contributed by atoms with Crippen LogP contribution in [0.4, 0.5) is 0 Å². The first kappa shape index (κ1) is 11.5. The van der Waals surface area contributed by atoms with Crippen LogP contribution in [0.5, 0.6) is 0 Å². The molecule has 0 unspecified atom stereocenters. The van der Waals surface area contributed by atoms with Crippen molar-refractivity contribution in [3.8, 4) is 0 Å². The minimum absolute atomic E-state index is 1.22. The molecule has 0 saturated carbocycles. The average molecular weight is 331 g/mol. The van der Waals surface area contributed by atoms with Gasteiger partial charge in [0.15, 0.2) is 0 Å². The van der Waals surface area contributed by atoms with Crippen LogP contribution in [0.3, 0.4) is 0 Å². The number of benzene rings is 2. The van der Waals surface area contributed by atoms with E-state index in [1.165, 1.54) is 47.6 Å². The van der Waals surface area contributed by atoms with Crippen LogP contribution in [-0.2, 0) is 0 Å². The van der Waals surface area contributed by atoms with E-state index in [9.17, 15) is 0 Å². The van der Waals surface area contributed by atoms with Gasteiger partial charge in [0.2, 0.25) is 0 Å². The molecule has 0 fully saturated rings. The van der Waals surface area contributed by atoms with Gasteiger partial charge in [0.05, 0.1) is 0 Å². The van der Waals surface area contributed by atoms with Gasteiger partial charge < -0.3 is 0 Å². The third-order valence-corrected chi connectivity index (χ3v) is 5.28. The Hall–Kier alpha value is -2.12. The van der Waals surface area contributed by atoms with Crippen LogP contribution in [0.25, 0.3) is 43.1 Å². The van der Waals surface area contributed by atoms with Crippen molar-refractivity contribution in [1.82, 2.24) is 0 Å². The molecule has 0 heterocycles. The Kier molecular flexibility index (Phi) is 2.17. The summed E-state index contributed by atoms with van der Waals surface area (Å²) in [6, 6.07) is 23.9. The lowest BCUT2D eigenvalue weighted by Gasteiger charge is -1.98. The lowest BCUT2D eigenvalue weighted by atomic mass is 10.1. The summed E-state index contributed by atoms with van der Waals surface area (Å²) in [6.07, 6.45) is 0. The van der Waals surface area contributed by atoms with Gasteiger partial charge in [0.25, 0.3) is 0 Å². The summed E-state index contributed by atoms with van der Waals surface area (Å²) in [7, 11) is 0. The molecule has 98 valence electrons. The molecular weight excluding hydrogens is 320 g/mol. The number of halogens is 1. The summed E-state index contributed by atoms with van der Waals surface area (Å²) in [4.78, 5) is 0. The van der Waals surface area contributed by atoms with Gasteiger partial charge in [-0.25, -0.2) is 0 Å². The van der Waals surface area contributed by atoms with Crippen LogP contribution in [0.1, 0.15) is 0 Å². The van der Waals surface area contributed by atoms with E-state index in [4.69, 9.17) is 0 Å². The Balaban J connectivity index is 2.26. The summed E-state index contributed by atoms with van der Waals surface area (Å²) < 4.78 is 1.22. The molecule has 0 aromatic heterocycles. The maximum absolute atomic E-state index is 3.85. The van der Waals surface area contributed by atoms with Gasteiger partial charge in [-0.05, 0) is 53.6 Å². The van der Waals surface area contributed by atoms with E-state index in [1.807, 2.05) is 0 Å². The largest absolute Gasteiger partial charge is 0.0622 e. The Bertz CT molecular complexity index is 1130. The van der Waals surface area contributed by atoms with Gasteiger partial charge in [0.1, 0.15) is 0 Å². The zero-order valence-electron chi connectivity index (χ0n) is 11.2. The molecule has 5 aromatic carbocycles. The molecule has 0 aliphatic carbocycles. The third-order valence-electron chi connectivity index (χ3n) is 4.46. The topological polar surface area (TPSA) is 0 Å².